The van der Waals surface area contributed by atoms with E-state index in [9.17, 15) is 13.2 Å². The van der Waals surface area contributed by atoms with Gasteiger partial charge in [0.1, 0.15) is 5.76 Å². The number of amides is 1. The number of sulfonamides is 1. The highest BCUT2D eigenvalue weighted by atomic mass is 32.2. The second-order valence-electron chi connectivity index (χ2n) is 6.88. The Balaban J connectivity index is 1.57. The topological polar surface area (TPSA) is 79.6 Å². The lowest BCUT2D eigenvalue weighted by molar-refractivity contribution is 0.0952. The molecule has 0 saturated heterocycles. The first-order valence-corrected chi connectivity index (χ1v) is 11.5. The molecule has 1 N–H and O–H groups in total. The molecule has 1 amide bonds. The van der Waals surface area contributed by atoms with Crippen LogP contribution in [0.25, 0.3) is 10.1 Å². The monoisotopic (exact) mass is 440 g/mol. The third kappa shape index (κ3) is 3.96. The van der Waals surface area contributed by atoms with Crippen molar-refractivity contribution in [2.75, 3.05) is 11.4 Å². The molecule has 0 fully saturated rings. The van der Waals surface area contributed by atoms with Gasteiger partial charge in [0.15, 0.2) is 0 Å². The molecule has 154 valence electrons. The predicted molar refractivity (Wildman–Crippen MR) is 118 cm³/mol. The van der Waals surface area contributed by atoms with Gasteiger partial charge >= 0.3 is 0 Å². The van der Waals surface area contributed by atoms with Crippen LogP contribution >= 0.6 is 11.3 Å². The Morgan fingerprint density at radius 1 is 1.10 bits per heavy atom. The predicted octanol–water partition coefficient (Wildman–Crippen LogP) is 4.56. The van der Waals surface area contributed by atoms with Crippen molar-refractivity contribution in [3.05, 3.63) is 83.1 Å². The van der Waals surface area contributed by atoms with Crippen molar-refractivity contribution in [1.82, 2.24) is 5.32 Å². The third-order valence-electron chi connectivity index (χ3n) is 4.77. The summed E-state index contributed by atoms with van der Waals surface area (Å²) in [4.78, 5) is 13.2. The SMILES string of the molecule is Cc1ccc(S(=O)(=O)N(C)c2ccc3sc(C(=O)NCc4ccco4)cc3c2)cc1. The Morgan fingerprint density at radius 2 is 1.87 bits per heavy atom. The highest BCUT2D eigenvalue weighted by Crippen LogP contribution is 2.31. The van der Waals surface area contributed by atoms with Crippen LogP contribution in [0.1, 0.15) is 21.0 Å². The zero-order chi connectivity index (χ0) is 21.3. The van der Waals surface area contributed by atoms with Gasteiger partial charge in [0.05, 0.1) is 28.3 Å². The molecule has 0 saturated carbocycles. The molecule has 0 atom stereocenters. The summed E-state index contributed by atoms with van der Waals surface area (Å²) in [5, 5.41) is 3.63. The maximum atomic E-state index is 12.9. The normalized spacial score (nSPS) is 11.5. The first-order chi connectivity index (χ1) is 14.3. The number of anilines is 1. The molecule has 4 rings (SSSR count). The highest BCUT2D eigenvalue weighted by Gasteiger charge is 2.22. The van der Waals surface area contributed by atoms with E-state index in [2.05, 4.69) is 5.32 Å². The molecular formula is C22H20N2O4S2. The number of benzene rings is 2. The summed E-state index contributed by atoms with van der Waals surface area (Å²) in [5.74, 6) is 0.476. The highest BCUT2D eigenvalue weighted by molar-refractivity contribution is 7.92. The van der Waals surface area contributed by atoms with Crippen molar-refractivity contribution >= 4 is 43.0 Å². The summed E-state index contributed by atoms with van der Waals surface area (Å²) < 4.78 is 33.3. The van der Waals surface area contributed by atoms with Crippen molar-refractivity contribution in [3.8, 4) is 0 Å². The number of carbonyl (C=O) groups excluding carboxylic acids is 1. The molecule has 0 bridgehead atoms. The molecule has 0 radical (unpaired) electrons. The van der Waals surface area contributed by atoms with Crippen molar-refractivity contribution in [2.45, 2.75) is 18.4 Å². The van der Waals surface area contributed by atoms with Crippen molar-refractivity contribution < 1.29 is 17.6 Å². The number of hydrogen-bond donors (Lipinski definition) is 1. The Labute approximate surface area is 178 Å². The quantitative estimate of drug-likeness (QED) is 0.477. The van der Waals surface area contributed by atoms with Crippen LogP contribution in [0.2, 0.25) is 0 Å². The van der Waals surface area contributed by atoms with Crippen LogP contribution in [0.3, 0.4) is 0 Å². The van der Waals surface area contributed by atoms with Gasteiger partial charge in [0.25, 0.3) is 15.9 Å². The number of aryl methyl sites for hydroxylation is 1. The number of nitrogens with zero attached hydrogens (tertiary/aromatic N) is 1. The van der Waals surface area contributed by atoms with Gasteiger partial charge in [-0.1, -0.05) is 17.7 Å². The van der Waals surface area contributed by atoms with E-state index in [4.69, 9.17) is 4.42 Å². The second kappa shape index (κ2) is 7.97. The largest absolute Gasteiger partial charge is 0.467 e. The van der Waals surface area contributed by atoms with Crippen LogP contribution < -0.4 is 9.62 Å². The van der Waals surface area contributed by atoms with Gasteiger partial charge in [0, 0.05) is 11.7 Å². The summed E-state index contributed by atoms with van der Waals surface area (Å²) in [6, 6.07) is 17.4. The van der Waals surface area contributed by atoms with Gasteiger partial charge in [-0.15, -0.1) is 11.3 Å². The average Bonchev–Trinajstić information content (AvgIpc) is 3.40. The average molecular weight is 441 g/mol. The molecule has 0 spiro atoms. The molecule has 6 nitrogen and oxygen atoms in total. The summed E-state index contributed by atoms with van der Waals surface area (Å²) in [6.45, 7) is 2.22. The number of carbonyl (C=O) groups is 1. The number of rotatable bonds is 6. The van der Waals surface area contributed by atoms with Gasteiger partial charge in [-0.3, -0.25) is 9.10 Å². The van der Waals surface area contributed by atoms with Crippen molar-refractivity contribution in [3.63, 3.8) is 0 Å². The van der Waals surface area contributed by atoms with E-state index in [1.54, 1.807) is 60.9 Å². The van der Waals surface area contributed by atoms with E-state index in [0.717, 1.165) is 15.6 Å². The molecule has 0 aliphatic rings. The minimum Gasteiger partial charge on any atom is -0.467 e. The fourth-order valence-electron chi connectivity index (χ4n) is 3.01. The lowest BCUT2D eigenvalue weighted by atomic mass is 10.2. The number of thiophene rings is 1. The van der Waals surface area contributed by atoms with E-state index in [-0.39, 0.29) is 10.8 Å². The van der Waals surface area contributed by atoms with Crippen LogP contribution in [-0.2, 0) is 16.6 Å². The summed E-state index contributed by atoms with van der Waals surface area (Å²) in [5.41, 5.74) is 1.53. The minimum atomic E-state index is -3.67. The smallest absolute Gasteiger partial charge is 0.264 e. The van der Waals surface area contributed by atoms with Crippen LogP contribution in [-0.4, -0.2) is 21.4 Å². The molecule has 0 aliphatic carbocycles. The van der Waals surface area contributed by atoms with E-state index >= 15 is 0 Å². The Hall–Kier alpha value is -3.10. The lowest BCUT2D eigenvalue weighted by Crippen LogP contribution is -2.26. The molecule has 2 heterocycles. The number of hydrogen-bond acceptors (Lipinski definition) is 5. The molecule has 0 aliphatic heterocycles. The second-order valence-corrected chi connectivity index (χ2v) is 9.93. The standard InChI is InChI=1S/C22H20N2O4S2/c1-15-5-8-19(9-6-15)30(26,27)24(2)17-7-10-20-16(12-17)13-21(29-20)22(25)23-14-18-4-3-11-28-18/h3-13H,14H2,1-2H3,(H,23,25). The van der Waals surface area contributed by atoms with Crippen LogP contribution in [0, 0.1) is 6.92 Å². The summed E-state index contributed by atoms with van der Waals surface area (Å²) >= 11 is 1.36. The number of nitrogens with one attached hydrogen (secondary N) is 1. The zero-order valence-electron chi connectivity index (χ0n) is 16.5. The molecule has 2 aromatic carbocycles. The minimum absolute atomic E-state index is 0.199. The number of fused-ring (bicyclic) bond motifs is 1. The van der Waals surface area contributed by atoms with Gasteiger partial charge in [-0.25, -0.2) is 8.42 Å². The molecule has 30 heavy (non-hydrogen) atoms. The Morgan fingerprint density at radius 3 is 2.57 bits per heavy atom. The van der Waals surface area contributed by atoms with Gasteiger partial charge in [-0.05, 0) is 60.8 Å². The molecular weight excluding hydrogens is 420 g/mol. The maximum absolute atomic E-state index is 12.9. The van der Waals surface area contributed by atoms with Crippen LogP contribution in [0.4, 0.5) is 5.69 Å². The third-order valence-corrected chi connectivity index (χ3v) is 7.68. The van der Waals surface area contributed by atoms with E-state index in [0.29, 0.717) is 22.9 Å². The number of furan rings is 1. The van der Waals surface area contributed by atoms with E-state index in [1.807, 2.05) is 13.0 Å². The molecule has 0 unspecified atom stereocenters. The van der Waals surface area contributed by atoms with E-state index in [1.165, 1.54) is 22.7 Å². The molecule has 4 aromatic rings. The molecule has 8 heteroatoms. The lowest BCUT2D eigenvalue weighted by Gasteiger charge is -2.19. The first-order valence-electron chi connectivity index (χ1n) is 9.24. The van der Waals surface area contributed by atoms with Crippen LogP contribution in [0.15, 0.2) is 76.2 Å². The van der Waals surface area contributed by atoms with Gasteiger partial charge in [-0.2, -0.15) is 0 Å². The van der Waals surface area contributed by atoms with Gasteiger partial charge < -0.3 is 9.73 Å². The Bertz CT molecular complexity index is 1290. The van der Waals surface area contributed by atoms with Gasteiger partial charge in [0.2, 0.25) is 0 Å². The first kappa shape index (κ1) is 20.2. The summed E-state index contributed by atoms with van der Waals surface area (Å²) in [6.07, 6.45) is 1.56. The van der Waals surface area contributed by atoms with E-state index < -0.39 is 10.0 Å². The van der Waals surface area contributed by atoms with Crippen LogP contribution in [0.5, 0.6) is 0 Å². The Kier molecular flexibility index (Phi) is 5.36. The van der Waals surface area contributed by atoms with Crippen molar-refractivity contribution in [2.24, 2.45) is 0 Å². The maximum Gasteiger partial charge on any atom is 0.264 e. The summed E-state index contributed by atoms with van der Waals surface area (Å²) in [7, 11) is -2.15. The molecule has 2 aromatic heterocycles. The van der Waals surface area contributed by atoms with Crippen molar-refractivity contribution in [1.29, 1.82) is 0 Å². The fourth-order valence-corrected chi connectivity index (χ4v) is 5.16. The zero-order valence-corrected chi connectivity index (χ0v) is 18.1. The fraction of sp³-hybridized carbons (Fsp3) is 0.136.